The lowest BCUT2D eigenvalue weighted by atomic mass is 10.2. The first-order chi connectivity index (χ1) is 7.34. The van der Waals surface area contributed by atoms with Gasteiger partial charge in [0.25, 0.3) is 0 Å². The summed E-state index contributed by atoms with van der Waals surface area (Å²) in [7, 11) is 0. The molecule has 0 amide bonds. The SMILES string of the molecule is Fc1cccc2[nH]c([C@@H]3CCCN3)nc12. The molecule has 1 atom stereocenters. The van der Waals surface area contributed by atoms with Crippen molar-refractivity contribution in [3.63, 3.8) is 0 Å². The number of nitrogens with zero attached hydrogens (tertiary/aromatic N) is 1. The molecule has 3 rings (SSSR count). The summed E-state index contributed by atoms with van der Waals surface area (Å²) in [6.07, 6.45) is 2.23. The summed E-state index contributed by atoms with van der Waals surface area (Å²) in [5, 5.41) is 3.34. The molecule has 0 bridgehead atoms. The van der Waals surface area contributed by atoms with Crippen LogP contribution in [0.15, 0.2) is 18.2 Å². The second-order valence-electron chi connectivity index (χ2n) is 3.91. The molecule has 1 fully saturated rings. The van der Waals surface area contributed by atoms with Crippen molar-refractivity contribution in [2.24, 2.45) is 0 Å². The van der Waals surface area contributed by atoms with Gasteiger partial charge in [-0.3, -0.25) is 0 Å². The fraction of sp³-hybridized carbons (Fsp3) is 0.364. The van der Waals surface area contributed by atoms with Crippen LogP contribution in [-0.2, 0) is 0 Å². The first-order valence-electron chi connectivity index (χ1n) is 5.22. The maximum absolute atomic E-state index is 13.4. The van der Waals surface area contributed by atoms with Crippen LogP contribution in [0.25, 0.3) is 11.0 Å². The van der Waals surface area contributed by atoms with Crippen LogP contribution in [0.5, 0.6) is 0 Å². The molecule has 1 aliphatic heterocycles. The molecule has 2 N–H and O–H groups in total. The zero-order valence-corrected chi connectivity index (χ0v) is 8.26. The van der Waals surface area contributed by atoms with E-state index >= 15 is 0 Å². The van der Waals surface area contributed by atoms with Gasteiger partial charge in [-0.05, 0) is 31.5 Å². The van der Waals surface area contributed by atoms with Gasteiger partial charge in [-0.1, -0.05) is 6.07 Å². The number of halogens is 1. The molecule has 4 heteroatoms. The van der Waals surface area contributed by atoms with Crippen molar-refractivity contribution >= 4 is 11.0 Å². The summed E-state index contributed by atoms with van der Waals surface area (Å²) in [5.41, 5.74) is 1.22. The van der Waals surface area contributed by atoms with Crippen molar-refractivity contribution < 1.29 is 4.39 Å². The van der Waals surface area contributed by atoms with Crippen LogP contribution >= 0.6 is 0 Å². The lowest BCUT2D eigenvalue weighted by Gasteiger charge is -2.04. The Morgan fingerprint density at radius 2 is 2.33 bits per heavy atom. The molecule has 3 nitrogen and oxygen atoms in total. The number of imidazole rings is 1. The van der Waals surface area contributed by atoms with Crippen molar-refractivity contribution in [2.75, 3.05) is 6.54 Å². The van der Waals surface area contributed by atoms with Crippen molar-refractivity contribution in [2.45, 2.75) is 18.9 Å². The number of benzene rings is 1. The molecule has 2 aromatic rings. The highest BCUT2D eigenvalue weighted by molar-refractivity contribution is 5.75. The molecular formula is C11H12FN3. The monoisotopic (exact) mass is 205 g/mol. The molecule has 0 radical (unpaired) electrons. The number of para-hydroxylation sites is 1. The van der Waals surface area contributed by atoms with E-state index < -0.39 is 0 Å². The summed E-state index contributed by atoms with van der Waals surface area (Å²) in [6.45, 7) is 1.02. The molecule has 0 aliphatic carbocycles. The highest BCUT2D eigenvalue weighted by atomic mass is 19.1. The Labute approximate surface area is 86.7 Å². The van der Waals surface area contributed by atoms with Crippen LogP contribution in [0.2, 0.25) is 0 Å². The van der Waals surface area contributed by atoms with Crippen LogP contribution in [0.3, 0.4) is 0 Å². The van der Waals surface area contributed by atoms with Gasteiger partial charge in [0.2, 0.25) is 0 Å². The van der Waals surface area contributed by atoms with Gasteiger partial charge >= 0.3 is 0 Å². The maximum Gasteiger partial charge on any atom is 0.151 e. The molecule has 0 unspecified atom stereocenters. The van der Waals surface area contributed by atoms with Gasteiger partial charge in [-0.25, -0.2) is 9.37 Å². The van der Waals surface area contributed by atoms with E-state index in [2.05, 4.69) is 15.3 Å². The fourth-order valence-electron chi connectivity index (χ4n) is 2.10. The summed E-state index contributed by atoms with van der Waals surface area (Å²) in [6, 6.07) is 5.25. The minimum Gasteiger partial charge on any atom is -0.341 e. The molecule has 78 valence electrons. The Balaban J connectivity index is 2.09. The predicted molar refractivity (Wildman–Crippen MR) is 56.0 cm³/mol. The van der Waals surface area contributed by atoms with Gasteiger partial charge in [0.1, 0.15) is 11.3 Å². The summed E-state index contributed by atoms with van der Waals surface area (Å²) in [4.78, 5) is 7.47. The number of aromatic amines is 1. The van der Waals surface area contributed by atoms with Crippen molar-refractivity contribution in [1.29, 1.82) is 0 Å². The molecule has 2 heterocycles. The highest BCUT2D eigenvalue weighted by Crippen LogP contribution is 2.23. The topological polar surface area (TPSA) is 40.7 Å². The third-order valence-corrected chi connectivity index (χ3v) is 2.87. The van der Waals surface area contributed by atoms with Gasteiger partial charge in [-0.15, -0.1) is 0 Å². The lowest BCUT2D eigenvalue weighted by molar-refractivity contribution is 0.611. The van der Waals surface area contributed by atoms with Crippen LogP contribution in [0, 0.1) is 5.82 Å². The predicted octanol–water partition coefficient (Wildman–Crippen LogP) is 2.13. The summed E-state index contributed by atoms with van der Waals surface area (Å²) < 4.78 is 13.4. The van der Waals surface area contributed by atoms with Crippen molar-refractivity contribution in [3.05, 3.63) is 29.8 Å². The summed E-state index contributed by atoms with van der Waals surface area (Å²) >= 11 is 0. The average Bonchev–Trinajstić information content (AvgIpc) is 2.86. The first kappa shape index (κ1) is 8.85. The fourth-order valence-corrected chi connectivity index (χ4v) is 2.10. The number of nitrogens with one attached hydrogen (secondary N) is 2. The molecule has 1 aliphatic rings. The summed E-state index contributed by atoms with van der Waals surface area (Å²) in [5.74, 6) is 0.598. The van der Waals surface area contributed by atoms with E-state index in [1.165, 1.54) is 6.07 Å². The molecule has 1 aromatic heterocycles. The first-order valence-corrected chi connectivity index (χ1v) is 5.22. The van der Waals surface area contributed by atoms with E-state index in [0.29, 0.717) is 5.52 Å². The third-order valence-electron chi connectivity index (χ3n) is 2.87. The van der Waals surface area contributed by atoms with Crippen molar-refractivity contribution in [1.82, 2.24) is 15.3 Å². The lowest BCUT2D eigenvalue weighted by Crippen LogP contribution is -2.14. The second kappa shape index (κ2) is 3.31. The maximum atomic E-state index is 13.4. The zero-order chi connectivity index (χ0) is 10.3. The largest absolute Gasteiger partial charge is 0.341 e. The van der Waals surface area contributed by atoms with Gasteiger partial charge in [0, 0.05) is 0 Å². The second-order valence-corrected chi connectivity index (χ2v) is 3.91. The van der Waals surface area contributed by atoms with Crippen LogP contribution in [0.1, 0.15) is 24.7 Å². The van der Waals surface area contributed by atoms with E-state index in [1.807, 2.05) is 6.07 Å². The zero-order valence-electron chi connectivity index (χ0n) is 8.26. The van der Waals surface area contributed by atoms with E-state index in [1.54, 1.807) is 6.07 Å². The smallest absolute Gasteiger partial charge is 0.151 e. The number of hydrogen-bond acceptors (Lipinski definition) is 2. The van der Waals surface area contributed by atoms with Gasteiger partial charge in [0.15, 0.2) is 5.82 Å². The molecule has 0 spiro atoms. The normalized spacial score (nSPS) is 21.3. The molecule has 15 heavy (non-hydrogen) atoms. The quantitative estimate of drug-likeness (QED) is 0.748. The van der Waals surface area contributed by atoms with E-state index in [-0.39, 0.29) is 11.9 Å². The Morgan fingerprint density at radius 3 is 3.07 bits per heavy atom. The molecule has 1 saturated heterocycles. The Morgan fingerprint density at radius 1 is 1.40 bits per heavy atom. The highest BCUT2D eigenvalue weighted by Gasteiger charge is 2.20. The average molecular weight is 205 g/mol. The Bertz CT molecular complexity index is 486. The van der Waals surface area contributed by atoms with E-state index in [0.717, 1.165) is 30.7 Å². The van der Waals surface area contributed by atoms with Crippen molar-refractivity contribution in [3.8, 4) is 0 Å². The molecule has 0 saturated carbocycles. The van der Waals surface area contributed by atoms with E-state index in [4.69, 9.17) is 0 Å². The van der Waals surface area contributed by atoms with Gasteiger partial charge < -0.3 is 10.3 Å². The van der Waals surface area contributed by atoms with Gasteiger partial charge in [0.05, 0.1) is 11.6 Å². The van der Waals surface area contributed by atoms with Gasteiger partial charge in [-0.2, -0.15) is 0 Å². The minimum atomic E-state index is -0.256. The van der Waals surface area contributed by atoms with Crippen LogP contribution in [-0.4, -0.2) is 16.5 Å². The van der Waals surface area contributed by atoms with Crippen LogP contribution in [0.4, 0.5) is 4.39 Å². The number of rotatable bonds is 1. The minimum absolute atomic E-state index is 0.256. The third kappa shape index (κ3) is 1.41. The number of H-pyrrole nitrogens is 1. The Hall–Kier alpha value is -1.42. The van der Waals surface area contributed by atoms with Crippen LogP contribution < -0.4 is 5.32 Å². The van der Waals surface area contributed by atoms with E-state index in [9.17, 15) is 4.39 Å². The Kier molecular flexibility index (Phi) is 1.95. The standard InChI is InChI=1S/C11H12FN3/c12-7-3-1-4-8-10(7)15-11(14-8)9-5-2-6-13-9/h1,3-4,9,13H,2,5-6H2,(H,14,15)/t9-/m0/s1. The number of aromatic nitrogens is 2. The molecule has 1 aromatic carbocycles. The number of fused-ring (bicyclic) bond motifs is 1. The molecular weight excluding hydrogens is 193 g/mol. The number of hydrogen-bond donors (Lipinski definition) is 2.